The molecule has 0 rings (SSSR count). The fourth-order valence-electron chi connectivity index (χ4n) is 0.887. The average Bonchev–Trinajstić information content (AvgIpc) is 2.00. The molecule has 0 atom stereocenters. The van der Waals surface area contributed by atoms with Crippen molar-refractivity contribution in [2.24, 2.45) is 0 Å². The van der Waals surface area contributed by atoms with E-state index in [4.69, 9.17) is 4.74 Å². The number of ether oxygens (including phenoxy) is 1. The Bertz CT molecular complexity index is 270. The Morgan fingerprint density at radius 3 is 2.27 bits per heavy atom. The Morgan fingerprint density at radius 2 is 1.87 bits per heavy atom. The Hall–Kier alpha value is -0.130. The molecular weight excluding hydrogens is 214 g/mol. The zero-order chi connectivity index (χ0) is 12.1. The first-order chi connectivity index (χ1) is 6.67. The first-order valence-corrected chi connectivity index (χ1v) is 7.08. The van der Waals surface area contributed by atoms with Crippen molar-refractivity contribution in [1.82, 2.24) is 5.32 Å². The molecular formula is C10H23NO3S. The van der Waals surface area contributed by atoms with Gasteiger partial charge in [-0.05, 0) is 27.7 Å². The van der Waals surface area contributed by atoms with Crippen LogP contribution < -0.4 is 5.32 Å². The van der Waals surface area contributed by atoms with E-state index >= 15 is 0 Å². The Kier molecular flexibility index (Phi) is 5.77. The third-order valence-corrected chi connectivity index (χ3v) is 4.44. The minimum absolute atomic E-state index is 0.217. The van der Waals surface area contributed by atoms with Gasteiger partial charge in [0.1, 0.15) is 0 Å². The molecule has 0 aromatic rings. The minimum Gasteiger partial charge on any atom is -0.377 e. The van der Waals surface area contributed by atoms with Crippen molar-refractivity contribution in [3.05, 3.63) is 0 Å². The van der Waals surface area contributed by atoms with E-state index in [0.717, 1.165) is 0 Å². The summed E-state index contributed by atoms with van der Waals surface area (Å²) in [6.07, 6.45) is 1.48. The van der Waals surface area contributed by atoms with E-state index in [2.05, 4.69) is 5.32 Å². The quantitative estimate of drug-likeness (QED) is 0.666. The molecule has 0 saturated heterocycles. The van der Waals surface area contributed by atoms with E-state index in [1.54, 1.807) is 13.8 Å². The summed E-state index contributed by atoms with van der Waals surface area (Å²) in [5.74, 6) is 0. The molecule has 0 heterocycles. The third kappa shape index (κ3) is 6.12. The Balaban J connectivity index is 3.78. The van der Waals surface area contributed by atoms with Crippen LogP contribution in [0.15, 0.2) is 0 Å². The van der Waals surface area contributed by atoms with Gasteiger partial charge in [0, 0.05) is 19.3 Å². The molecule has 0 unspecified atom stereocenters. The molecule has 0 aliphatic carbocycles. The van der Waals surface area contributed by atoms with Gasteiger partial charge < -0.3 is 10.1 Å². The van der Waals surface area contributed by atoms with Gasteiger partial charge in [-0.15, -0.1) is 0 Å². The maximum Gasteiger partial charge on any atom is 0.153 e. The van der Waals surface area contributed by atoms with Crippen molar-refractivity contribution < 1.29 is 13.2 Å². The van der Waals surface area contributed by atoms with Crippen LogP contribution in [0.2, 0.25) is 0 Å². The smallest absolute Gasteiger partial charge is 0.153 e. The summed E-state index contributed by atoms with van der Waals surface area (Å²) in [6, 6.07) is 0. The highest BCUT2D eigenvalue weighted by Crippen LogP contribution is 2.12. The van der Waals surface area contributed by atoms with Crippen LogP contribution in [0.5, 0.6) is 0 Å². The van der Waals surface area contributed by atoms with Crippen LogP contribution >= 0.6 is 0 Å². The lowest BCUT2D eigenvalue weighted by atomic mass is 10.2. The molecule has 0 aliphatic rings. The zero-order valence-electron chi connectivity index (χ0n) is 10.3. The minimum atomic E-state index is -3.01. The number of rotatable bonds is 7. The second-order valence-electron chi connectivity index (χ2n) is 4.63. The van der Waals surface area contributed by atoms with Crippen LogP contribution in [0.3, 0.4) is 0 Å². The van der Waals surface area contributed by atoms with E-state index in [0.29, 0.717) is 19.7 Å². The number of hydrogen-bond acceptors (Lipinski definition) is 4. The molecule has 0 aromatic carbocycles. The molecule has 0 spiro atoms. The summed E-state index contributed by atoms with van der Waals surface area (Å²) in [4.78, 5) is 0. The predicted molar refractivity (Wildman–Crippen MR) is 62.9 cm³/mol. The molecule has 0 aromatic heterocycles. The molecule has 1 N–H and O–H groups in total. The van der Waals surface area contributed by atoms with Gasteiger partial charge in [-0.3, -0.25) is 0 Å². The van der Waals surface area contributed by atoms with Gasteiger partial charge in [-0.1, -0.05) is 0 Å². The van der Waals surface area contributed by atoms with Crippen LogP contribution in [-0.2, 0) is 14.6 Å². The fourth-order valence-corrected chi connectivity index (χ4v) is 1.25. The average molecular weight is 237 g/mol. The van der Waals surface area contributed by atoms with Crippen molar-refractivity contribution >= 4 is 9.84 Å². The molecule has 0 saturated carbocycles. The van der Waals surface area contributed by atoms with Gasteiger partial charge in [0.25, 0.3) is 0 Å². The largest absolute Gasteiger partial charge is 0.377 e. The second-order valence-corrected chi connectivity index (χ2v) is 7.28. The Labute approximate surface area is 93.3 Å². The summed E-state index contributed by atoms with van der Waals surface area (Å²) in [7, 11) is -3.01. The monoisotopic (exact) mass is 237 g/mol. The molecule has 92 valence electrons. The molecule has 0 bridgehead atoms. The van der Waals surface area contributed by atoms with Crippen LogP contribution in [0.1, 0.15) is 27.7 Å². The van der Waals surface area contributed by atoms with Crippen molar-refractivity contribution in [1.29, 1.82) is 0 Å². The van der Waals surface area contributed by atoms with Crippen LogP contribution in [0.4, 0.5) is 0 Å². The number of hydrogen-bond donors (Lipinski definition) is 1. The van der Waals surface area contributed by atoms with Crippen LogP contribution in [0, 0.1) is 0 Å². The SMILES string of the molecule is CC(C)OCCNCC(C)(C)S(C)(=O)=O. The summed E-state index contributed by atoms with van der Waals surface area (Å²) in [5.41, 5.74) is 0. The van der Waals surface area contributed by atoms with Crippen molar-refractivity contribution in [3.63, 3.8) is 0 Å². The first-order valence-electron chi connectivity index (χ1n) is 5.19. The second kappa shape index (κ2) is 5.82. The van der Waals surface area contributed by atoms with Crippen LogP contribution in [0.25, 0.3) is 0 Å². The van der Waals surface area contributed by atoms with Crippen molar-refractivity contribution in [3.8, 4) is 0 Å². The number of sulfone groups is 1. The highest BCUT2D eigenvalue weighted by atomic mass is 32.2. The van der Waals surface area contributed by atoms with E-state index in [1.165, 1.54) is 6.26 Å². The highest BCUT2D eigenvalue weighted by molar-refractivity contribution is 7.92. The van der Waals surface area contributed by atoms with Gasteiger partial charge in [-0.2, -0.15) is 0 Å². The number of nitrogens with one attached hydrogen (secondary N) is 1. The summed E-state index contributed by atoms with van der Waals surface area (Å²) in [6.45, 7) is 9.13. The topological polar surface area (TPSA) is 55.4 Å². The van der Waals surface area contributed by atoms with Crippen LogP contribution in [-0.4, -0.2) is 45.2 Å². The van der Waals surface area contributed by atoms with Gasteiger partial charge >= 0.3 is 0 Å². The van der Waals surface area contributed by atoms with Crippen molar-refractivity contribution in [2.75, 3.05) is 26.0 Å². The van der Waals surface area contributed by atoms with E-state index in [9.17, 15) is 8.42 Å². The summed E-state index contributed by atoms with van der Waals surface area (Å²) >= 11 is 0. The molecule has 15 heavy (non-hydrogen) atoms. The molecule has 0 aliphatic heterocycles. The normalized spacial score (nSPS) is 13.5. The predicted octanol–water partition coefficient (Wildman–Crippen LogP) is 0.824. The van der Waals surface area contributed by atoms with Gasteiger partial charge in [-0.25, -0.2) is 8.42 Å². The molecule has 5 heteroatoms. The van der Waals surface area contributed by atoms with E-state index in [1.807, 2.05) is 13.8 Å². The Morgan fingerprint density at radius 1 is 1.33 bits per heavy atom. The molecule has 0 amide bonds. The van der Waals surface area contributed by atoms with Gasteiger partial charge in [0.05, 0.1) is 17.5 Å². The van der Waals surface area contributed by atoms with E-state index < -0.39 is 14.6 Å². The summed E-state index contributed by atoms with van der Waals surface area (Å²) in [5, 5.41) is 3.08. The highest BCUT2D eigenvalue weighted by Gasteiger charge is 2.29. The van der Waals surface area contributed by atoms with E-state index in [-0.39, 0.29) is 6.10 Å². The molecule has 4 nitrogen and oxygen atoms in total. The fraction of sp³-hybridized carbons (Fsp3) is 1.00. The summed E-state index contributed by atoms with van der Waals surface area (Å²) < 4.78 is 27.3. The molecule has 0 radical (unpaired) electrons. The lowest BCUT2D eigenvalue weighted by Crippen LogP contribution is -2.42. The maximum absolute atomic E-state index is 11.4. The van der Waals surface area contributed by atoms with Gasteiger partial charge in [0.15, 0.2) is 9.84 Å². The standard InChI is InChI=1S/C10H23NO3S/c1-9(2)14-7-6-11-8-10(3,4)15(5,12)13/h9,11H,6-8H2,1-5H3. The third-order valence-electron chi connectivity index (χ3n) is 2.28. The lowest BCUT2D eigenvalue weighted by Gasteiger charge is -2.22. The molecule has 0 fully saturated rings. The first kappa shape index (κ1) is 14.9. The van der Waals surface area contributed by atoms with Crippen molar-refractivity contribution in [2.45, 2.75) is 38.5 Å². The maximum atomic E-state index is 11.4. The zero-order valence-corrected chi connectivity index (χ0v) is 11.1. The lowest BCUT2D eigenvalue weighted by molar-refractivity contribution is 0.0807. The van der Waals surface area contributed by atoms with Gasteiger partial charge in [0.2, 0.25) is 0 Å².